The van der Waals surface area contributed by atoms with Gasteiger partial charge in [0.15, 0.2) is 5.75 Å². The first-order chi connectivity index (χ1) is 10.9. The fourth-order valence-corrected chi connectivity index (χ4v) is 4.01. The maximum atomic E-state index is 12.5. The quantitative estimate of drug-likeness (QED) is 0.692. The topological polar surface area (TPSA) is 102 Å². The van der Waals surface area contributed by atoms with Crippen LogP contribution >= 0.6 is 0 Å². The first kappa shape index (κ1) is 16.1. The number of carbonyl (C=O) groups is 1. The number of nitrogens with zero attached hydrogens (tertiary/aromatic N) is 4. The average Bonchev–Trinajstić information content (AvgIpc) is 2.97. The van der Waals surface area contributed by atoms with Crippen molar-refractivity contribution in [2.75, 3.05) is 39.6 Å². The molecule has 126 valence electrons. The summed E-state index contributed by atoms with van der Waals surface area (Å²) in [6, 6.07) is -0.360. The third-order valence-electron chi connectivity index (χ3n) is 4.02. The van der Waals surface area contributed by atoms with Crippen LogP contribution < -0.4 is 4.74 Å². The van der Waals surface area contributed by atoms with Gasteiger partial charge in [-0.2, -0.15) is 4.31 Å². The Labute approximate surface area is 134 Å². The van der Waals surface area contributed by atoms with Crippen molar-refractivity contribution >= 4 is 15.9 Å². The summed E-state index contributed by atoms with van der Waals surface area (Å²) in [6.07, 6.45) is 3.69. The van der Waals surface area contributed by atoms with Crippen molar-refractivity contribution in [3.8, 4) is 5.75 Å². The van der Waals surface area contributed by atoms with Crippen LogP contribution in [0.1, 0.15) is 10.6 Å². The van der Waals surface area contributed by atoms with Crippen molar-refractivity contribution in [1.82, 2.24) is 19.2 Å². The van der Waals surface area contributed by atoms with E-state index in [2.05, 4.69) is 9.97 Å². The minimum absolute atomic E-state index is 0.0513. The Kier molecular flexibility index (Phi) is 4.21. The molecule has 0 N–H and O–H groups in total. The van der Waals surface area contributed by atoms with E-state index in [4.69, 9.17) is 9.47 Å². The molecule has 2 aliphatic heterocycles. The van der Waals surface area contributed by atoms with Crippen LogP contribution in [0.5, 0.6) is 5.75 Å². The number of rotatable bonds is 3. The van der Waals surface area contributed by atoms with Crippen LogP contribution in [-0.4, -0.2) is 85.3 Å². The first-order valence-electron chi connectivity index (χ1n) is 7.14. The first-order valence-corrected chi connectivity index (χ1v) is 8.98. The molecule has 1 amide bonds. The Morgan fingerprint density at radius 2 is 2.04 bits per heavy atom. The van der Waals surface area contributed by atoms with Crippen molar-refractivity contribution in [3.05, 3.63) is 18.2 Å². The second kappa shape index (κ2) is 6.02. The summed E-state index contributed by atoms with van der Waals surface area (Å²) >= 11 is 0. The number of methoxy groups -OCH3 is 1. The Bertz CT molecular complexity index is 693. The Morgan fingerprint density at radius 3 is 2.65 bits per heavy atom. The average molecular weight is 342 g/mol. The van der Waals surface area contributed by atoms with Crippen LogP contribution in [0, 0.1) is 0 Å². The van der Waals surface area contributed by atoms with E-state index >= 15 is 0 Å². The van der Waals surface area contributed by atoms with E-state index in [0.717, 1.165) is 0 Å². The van der Waals surface area contributed by atoms with Gasteiger partial charge in [-0.1, -0.05) is 0 Å². The lowest BCUT2D eigenvalue weighted by Crippen LogP contribution is -2.52. The molecule has 2 fully saturated rings. The highest BCUT2D eigenvalue weighted by Crippen LogP contribution is 2.25. The third kappa shape index (κ3) is 3.14. The number of aromatic nitrogens is 2. The largest absolute Gasteiger partial charge is 0.494 e. The summed E-state index contributed by atoms with van der Waals surface area (Å²) in [5.41, 5.74) is 0. The number of hydrogen-bond donors (Lipinski definition) is 0. The zero-order chi connectivity index (χ0) is 16.6. The number of fused-ring (bicyclic) bond motifs is 1. The maximum Gasteiger partial charge on any atom is 0.291 e. The molecule has 9 nitrogen and oxygen atoms in total. The molecule has 0 bridgehead atoms. The Morgan fingerprint density at radius 1 is 1.35 bits per heavy atom. The highest BCUT2D eigenvalue weighted by atomic mass is 32.2. The highest BCUT2D eigenvalue weighted by Gasteiger charge is 2.45. The zero-order valence-corrected chi connectivity index (χ0v) is 13.7. The predicted molar refractivity (Wildman–Crippen MR) is 79.6 cm³/mol. The summed E-state index contributed by atoms with van der Waals surface area (Å²) in [7, 11) is -1.85. The standard InChI is InChI=1S/C13H18N4O5S/c1-21-9-5-14-12(15-6-9)13(18)16-7-10-11(8-16)22-4-3-17(10)23(2,19)20/h5-6,10-11H,3-4,7-8H2,1-2H3/t10-,11+/m1/s1. The van der Waals surface area contributed by atoms with E-state index in [-0.39, 0.29) is 30.4 Å². The van der Waals surface area contributed by atoms with Crippen molar-refractivity contribution < 1.29 is 22.7 Å². The number of morpholine rings is 1. The van der Waals surface area contributed by atoms with Gasteiger partial charge in [-0.3, -0.25) is 4.79 Å². The van der Waals surface area contributed by atoms with Crippen LogP contribution in [-0.2, 0) is 14.8 Å². The monoisotopic (exact) mass is 342 g/mol. The third-order valence-corrected chi connectivity index (χ3v) is 5.32. The second-order valence-corrected chi connectivity index (χ2v) is 7.44. The molecule has 2 aliphatic rings. The number of hydrogen-bond acceptors (Lipinski definition) is 7. The summed E-state index contributed by atoms with van der Waals surface area (Å²) in [6.45, 7) is 1.23. The van der Waals surface area contributed by atoms with Gasteiger partial charge in [0.05, 0.1) is 44.5 Å². The van der Waals surface area contributed by atoms with E-state index in [0.29, 0.717) is 25.4 Å². The van der Waals surface area contributed by atoms with E-state index < -0.39 is 10.0 Å². The van der Waals surface area contributed by atoms with Crippen molar-refractivity contribution in [3.63, 3.8) is 0 Å². The smallest absolute Gasteiger partial charge is 0.291 e. The van der Waals surface area contributed by atoms with Gasteiger partial charge < -0.3 is 14.4 Å². The SMILES string of the molecule is COc1cnc(C(=O)N2C[C@@H]3OCCN(S(C)(=O)=O)[C@@H]3C2)nc1. The fraction of sp³-hybridized carbons (Fsp3) is 0.615. The molecule has 10 heteroatoms. The summed E-state index contributed by atoms with van der Waals surface area (Å²) in [4.78, 5) is 22.0. The second-order valence-electron chi connectivity index (χ2n) is 5.51. The molecule has 0 radical (unpaired) electrons. The van der Waals surface area contributed by atoms with Crippen molar-refractivity contribution in [2.45, 2.75) is 12.1 Å². The zero-order valence-electron chi connectivity index (χ0n) is 12.9. The molecule has 0 unspecified atom stereocenters. The fourth-order valence-electron chi connectivity index (χ4n) is 2.91. The van der Waals surface area contributed by atoms with Gasteiger partial charge in [-0.25, -0.2) is 18.4 Å². The molecule has 2 saturated heterocycles. The molecular weight excluding hydrogens is 324 g/mol. The van der Waals surface area contributed by atoms with Gasteiger partial charge >= 0.3 is 0 Å². The van der Waals surface area contributed by atoms with Gasteiger partial charge in [0.25, 0.3) is 5.91 Å². The number of likely N-dealkylation sites (tertiary alicyclic amines) is 1. The molecule has 2 atom stereocenters. The van der Waals surface area contributed by atoms with Crippen LogP contribution in [0.4, 0.5) is 0 Å². The van der Waals surface area contributed by atoms with Gasteiger partial charge in [0.2, 0.25) is 15.8 Å². The minimum atomic E-state index is -3.34. The van der Waals surface area contributed by atoms with Crippen LogP contribution in [0.3, 0.4) is 0 Å². The van der Waals surface area contributed by atoms with Crippen LogP contribution in [0.15, 0.2) is 12.4 Å². The van der Waals surface area contributed by atoms with Gasteiger partial charge in [0, 0.05) is 19.6 Å². The molecule has 3 rings (SSSR count). The number of carbonyl (C=O) groups excluding carboxylic acids is 1. The predicted octanol–water partition coefficient (Wildman–Crippen LogP) is -1.03. The molecular formula is C13H18N4O5S. The molecule has 3 heterocycles. The molecule has 0 aliphatic carbocycles. The summed E-state index contributed by atoms with van der Waals surface area (Å²) in [5, 5.41) is 0. The maximum absolute atomic E-state index is 12.5. The molecule has 0 aromatic carbocycles. The van der Waals surface area contributed by atoms with Crippen LogP contribution in [0.25, 0.3) is 0 Å². The van der Waals surface area contributed by atoms with Crippen molar-refractivity contribution in [1.29, 1.82) is 0 Å². The van der Waals surface area contributed by atoms with E-state index in [1.165, 1.54) is 35.0 Å². The Balaban J connectivity index is 1.76. The molecule has 23 heavy (non-hydrogen) atoms. The highest BCUT2D eigenvalue weighted by molar-refractivity contribution is 7.88. The summed E-state index contributed by atoms with van der Waals surface area (Å²) in [5.74, 6) is 0.165. The molecule has 1 aromatic heterocycles. The lowest BCUT2D eigenvalue weighted by atomic mass is 10.2. The van der Waals surface area contributed by atoms with E-state index in [1.54, 1.807) is 0 Å². The van der Waals surface area contributed by atoms with Gasteiger partial charge in [0.1, 0.15) is 0 Å². The van der Waals surface area contributed by atoms with Crippen molar-refractivity contribution in [2.24, 2.45) is 0 Å². The molecule has 0 saturated carbocycles. The van der Waals surface area contributed by atoms with Crippen LogP contribution in [0.2, 0.25) is 0 Å². The lowest BCUT2D eigenvalue weighted by Gasteiger charge is -2.34. The van der Waals surface area contributed by atoms with E-state index in [1.807, 2.05) is 0 Å². The number of amides is 1. The van der Waals surface area contributed by atoms with Gasteiger partial charge in [-0.15, -0.1) is 0 Å². The summed E-state index contributed by atoms with van der Waals surface area (Å²) < 4.78 is 35.7. The minimum Gasteiger partial charge on any atom is -0.494 e. The molecule has 1 aromatic rings. The molecule has 0 spiro atoms. The van der Waals surface area contributed by atoms with Gasteiger partial charge in [-0.05, 0) is 0 Å². The Hall–Kier alpha value is -1.78. The number of ether oxygens (including phenoxy) is 2. The van der Waals surface area contributed by atoms with E-state index in [9.17, 15) is 13.2 Å². The lowest BCUT2D eigenvalue weighted by molar-refractivity contribution is -0.0157. The number of sulfonamides is 1. The normalized spacial score (nSPS) is 25.2.